The van der Waals surface area contributed by atoms with Gasteiger partial charge in [0.2, 0.25) is 0 Å². The molecule has 2 rings (SSSR count). The molecule has 0 aliphatic heterocycles. The molecule has 0 saturated heterocycles. The molecule has 1 atom stereocenters. The van der Waals surface area contributed by atoms with Gasteiger partial charge in [0.1, 0.15) is 11.3 Å². The lowest BCUT2D eigenvalue weighted by molar-refractivity contribution is -0.150. The summed E-state index contributed by atoms with van der Waals surface area (Å²) in [7, 11) is 0. The normalized spacial score (nSPS) is 15.8. The van der Waals surface area contributed by atoms with Crippen molar-refractivity contribution in [2.75, 3.05) is 13.2 Å². The zero-order valence-corrected chi connectivity index (χ0v) is 14.2. The van der Waals surface area contributed by atoms with Crippen LogP contribution in [0.15, 0.2) is 18.2 Å². The number of nitrogens with one attached hydrogen (secondary N) is 1. The summed E-state index contributed by atoms with van der Waals surface area (Å²) in [6, 6.07) is 7.76. The molecule has 0 bridgehead atoms. The van der Waals surface area contributed by atoms with Crippen LogP contribution in [0.2, 0.25) is 0 Å². The van der Waals surface area contributed by atoms with E-state index in [4.69, 9.17) is 9.47 Å². The van der Waals surface area contributed by atoms with Crippen molar-refractivity contribution < 1.29 is 19.1 Å². The third-order valence-corrected chi connectivity index (χ3v) is 3.94. The zero-order chi connectivity index (χ0) is 17.7. The quantitative estimate of drug-likeness (QED) is 0.773. The minimum absolute atomic E-state index is 0.176. The summed E-state index contributed by atoms with van der Waals surface area (Å²) in [6.07, 6.45) is 1.85. The van der Waals surface area contributed by atoms with Gasteiger partial charge in [-0.25, -0.2) is 4.79 Å². The van der Waals surface area contributed by atoms with Crippen LogP contribution in [0.1, 0.15) is 30.9 Å². The highest BCUT2D eigenvalue weighted by Crippen LogP contribution is 2.39. The van der Waals surface area contributed by atoms with Gasteiger partial charge in [-0.05, 0) is 62.8 Å². The number of ether oxygens (including phenoxy) is 2. The van der Waals surface area contributed by atoms with E-state index in [1.807, 2.05) is 32.0 Å². The van der Waals surface area contributed by atoms with Gasteiger partial charge in [-0.3, -0.25) is 4.79 Å². The highest BCUT2D eigenvalue weighted by molar-refractivity contribution is 5.81. The predicted octanol–water partition coefficient (Wildman–Crippen LogP) is 2.03. The molecule has 0 radical (unpaired) electrons. The summed E-state index contributed by atoms with van der Waals surface area (Å²) in [4.78, 5) is 23.5. The van der Waals surface area contributed by atoms with E-state index in [2.05, 4.69) is 11.4 Å². The zero-order valence-electron chi connectivity index (χ0n) is 14.2. The first-order valence-electron chi connectivity index (χ1n) is 7.91. The van der Waals surface area contributed by atoms with Crippen LogP contribution < -0.4 is 10.1 Å². The van der Waals surface area contributed by atoms with Crippen LogP contribution in [0, 0.1) is 31.1 Å². The number of amides is 1. The van der Waals surface area contributed by atoms with E-state index >= 15 is 0 Å². The van der Waals surface area contributed by atoms with E-state index < -0.39 is 24.0 Å². The van der Waals surface area contributed by atoms with E-state index in [1.165, 1.54) is 0 Å². The molecule has 1 aliphatic rings. The smallest absolute Gasteiger partial charge is 0.344 e. The average Bonchev–Trinajstić information content (AvgIpc) is 3.35. The molecular formula is C18H22N2O4. The molecule has 1 N–H and O–H groups in total. The molecule has 1 aromatic carbocycles. The summed E-state index contributed by atoms with van der Waals surface area (Å²) in [5, 5.41) is 11.8. The molecule has 6 nitrogen and oxygen atoms in total. The van der Waals surface area contributed by atoms with Gasteiger partial charge in [-0.1, -0.05) is 6.07 Å². The van der Waals surface area contributed by atoms with Crippen molar-refractivity contribution in [3.63, 3.8) is 0 Å². The van der Waals surface area contributed by atoms with Gasteiger partial charge >= 0.3 is 5.97 Å². The van der Waals surface area contributed by atoms with Crippen LogP contribution in [0.3, 0.4) is 0 Å². The first kappa shape index (κ1) is 17.8. The van der Waals surface area contributed by atoms with Gasteiger partial charge in [0.05, 0.1) is 6.07 Å². The molecule has 1 aromatic rings. The molecule has 128 valence electrons. The number of carbonyl (C=O) groups excluding carboxylic acids is 2. The third-order valence-electron chi connectivity index (χ3n) is 3.94. The molecule has 6 heteroatoms. The van der Waals surface area contributed by atoms with Crippen molar-refractivity contribution in [3.05, 3.63) is 29.3 Å². The van der Waals surface area contributed by atoms with E-state index in [0.29, 0.717) is 5.75 Å². The number of hydrogen-bond acceptors (Lipinski definition) is 5. The monoisotopic (exact) mass is 330 g/mol. The molecule has 0 aromatic heterocycles. The lowest BCUT2D eigenvalue weighted by atomic mass is 9.98. The highest BCUT2D eigenvalue weighted by Gasteiger charge is 2.43. The van der Waals surface area contributed by atoms with Crippen molar-refractivity contribution in [1.29, 1.82) is 5.26 Å². The Morgan fingerprint density at radius 3 is 2.42 bits per heavy atom. The van der Waals surface area contributed by atoms with Gasteiger partial charge in [-0.15, -0.1) is 0 Å². The molecular weight excluding hydrogens is 308 g/mol. The Morgan fingerprint density at radius 1 is 1.25 bits per heavy atom. The molecule has 24 heavy (non-hydrogen) atoms. The van der Waals surface area contributed by atoms with E-state index in [-0.39, 0.29) is 12.5 Å². The molecule has 1 saturated carbocycles. The van der Waals surface area contributed by atoms with Crippen LogP contribution >= 0.6 is 0 Å². The SMILES string of the molecule is Cc1cc(C)cc(OCC(=O)OCC(=O)N[C@](C)(C#N)C2CC2)c1. The molecule has 1 aliphatic carbocycles. The maximum atomic E-state index is 11.8. The Kier molecular flexibility index (Phi) is 5.45. The van der Waals surface area contributed by atoms with Crippen molar-refractivity contribution in [2.24, 2.45) is 5.92 Å². The topological polar surface area (TPSA) is 88.4 Å². The minimum atomic E-state index is -0.890. The summed E-state index contributed by atoms with van der Waals surface area (Å²) >= 11 is 0. The summed E-state index contributed by atoms with van der Waals surface area (Å²) in [6.45, 7) is 4.88. The maximum absolute atomic E-state index is 11.8. The Balaban J connectivity index is 1.74. The lowest BCUT2D eigenvalue weighted by Crippen LogP contribution is -2.48. The molecule has 1 fully saturated rings. The fourth-order valence-corrected chi connectivity index (χ4v) is 2.55. The first-order chi connectivity index (χ1) is 11.3. The van der Waals surface area contributed by atoms with Gasteiger partial charge < -0.3 is 14.8 Å². The third kappa shape index (κ3) is 4.98. The average molecular weight is 330 g/mol. The highest BCUT2D eigenvalue weighted by atomic mass is 16.6. The Bertz CT molecular complexity index is 656. The van der Waals surface area contributed by atoms with Crippen LogP contribution in [0.4, 0.5) is 0 Å². The molecule has 1 amide bonds. The van der Waals surface area contributed by atoms with E-state index in [1.54, 1.807) is 6.92 Å². The predicted molar refractivity (Wildman–Crippen MR) is 87.3 cm³/mol. The van der Waals surface area contributed by atoms with Crippen LogP contribution in [0.25, 0.3) is 0 Å². The number of benzene rings is 1. The number of hydrogen-bond donors (Lipinski definition) is 1. The Labute approximate surface area is 141 Å². The first-order valence-corrected chi connectivity index (χ1v) is 7.91. The second-order valence-electron chi connectivity index (χ2n) is 6.41. The van der Waals surface area contributed by atoms with Gasteiger partial charge in [0.25, 0.3) is 5.91 Å². The van der Waals surface area contributed by atoms with Crippen LogP contribution in [-0.2, 0) is 14.3 Å². The number of nitriles is 1. The molecule has 0 unspecified atom stereocenters. The Morgan fingerprint density at radius 2 is 1.88 bits per heavy atom. The summed E-state index contributed by atoms with van der Waals surface area (Å²) in [5.74, 6) is -0.352. The lowest BCUT2D eigenvalue weighted by Gasteiger charge is -2.22. The van der Waals surface area contributed by atoms with Crippen molar-refractivity contribution in [1.82, 2.24) is 5.32 Å². The fraction of sp³-hybridized carbons (Fsp3) is 0.500. The van der Waals surface area contributed by atoms with Crippen LogP contribution in [-0.4, -0.2) is 30.6 Å². The van der Waals surface area contributed by atoms with Gasteiger partial charge in [-0.2, -0.15) is 5.26 Å². The Hall–Kier alpha value is -2.55. The van der Waals surface area contributed by atoms with Crippen LogP contribution in [0.5, 0.6) is 5.75 Å². The second kappa shape index (κ2) is 7.35. The van der Waals surface area contributed by atoms with Gasteiger partial charge in [0.15, 0.2) is 13.2 Å². The van der Waals surface area contributed by atoms with Crippen molar-refractivity contribution in [3.8, 4) is 11.8 Å². The van der Waals surface area contributed by atoms with Crippen molar-refractivity contribution in [2.45, 2.75) is 39.2 Å². The fourth-order valence-electron chi connectivity index (χ4n) is 2.55. The van der Waals surface area contributed by atoms with E-state index in [9.17, 15) is 14.9 Å². The van der Waals surface area contributed by atoms with E-state index in [0.717, 1.165) is 24.0 Å². The molecule has 0 heterocycles. The van der Waals surface area contributed by atoms with Gasteiger partial charge in [0, 0.05) is 0 Å². The number of nitrogens with zero attached hydrogens (tertiary/aromatic N) is 1. The van der Waals surface area contributed by atoms with Crippen molar-refractivity contribution >= 4 is 11.9 Å². The molecule has 0 spiro atoms. The largest absolute Gasteiger partial charge is 0.482 e. The second-order valence-corrected chi connectivity index (χ2v) is 6.41. The maximum Gasteiger partial charge on any atom is 0.344 e. The summed E-state index contributed by atoms with van der Waals surface area (Å²) in [5.41, 5.74) is 1.18. The number of carbonyl (C=O) groups is 2. The number of aryl methyl sites for hydroxylation is 2. The standard InChI is InChI=1S/C18H22N2O4/c1-12-6-13(2)8-15(7-12)23-10-17(22)24-9-16(21)20-18(3,11-19)14-4-5-14/h6-8,14H,4-5,9-10H2,1-3H3,(H,20,21)/t18-/m1/s1. The minimum Gasteiger partial charge on any atom is -0.482 e. The number of esters is 1. The summed E-state index contributed by atoms with van der Waals surface area (Å²) < 4.78 is 10.3. The number of rotatable bonds is 7.